The molecule has 0 amide bonds. The molecule has 0 N–H and O–H groups in total. The molecule has 2 nitrogen and oxygen atoms in total. The van der Waals surface area contributed by atoms with Crippen LogP contribution in [0.1, 0.15) is 0 Å². The Bertz CT molecular complexity index is 900. The highest BCUT2D eigenvalue weighted by Crippen LogP contribution is 2.36. The summed E-state index contributed by atoms with van der Waals surface area (Å²) in [6.07, 6.45) is 1.63. The summed E-state index contributed by atoms with van der Waals surface area (Å²) in [4.78, 5) is 12.4. The van der Waals surface area contributed by atoms with Gasteiger partial charge in [-0.2, -0.15) is 0 Å². The molecule has 2 aromatic heterocycles. The molecule has 0 atom stereocenters. The van der Waals surface area contributed by atoms with Crippen molar-refractivity contribution in [3.63, 3.8) is 0 Å². The summed E-state index contributed by atoms with van der Waals surface area (Å²) < 4.78 is 2.48. The molecule has 1 aromatic carbocycles. The predicted octanol–water partition coefficient (Wildman–Crippen LogP) is 5.69. The number of nitrogens with zero attached hydrogens (tertiary/aromatic N) is 1. The zero-order valence-electron chi connectivity index (χ0n) is 10.4. The third-order valence-electron chi connectivity index (χ3n) is 3.11. The second-order valence-corrected chi connectivity index (χ2v) is 6.52. The van der Waals surface area contributed by atoms with E-state index in [-0.39, 0.29) is 5.43 Å². The van der Waals surface area contributed by atoms with E-state index >= 15 is 0 Å². The summed E-state index contributed by atoms with van der Waals surface area (Å²) in [6, 6.07) is 10.1. The fourth-order valence-corrected chi connectivity index (χ4v) is 3.64. The van der Waals surface area contributed by atoms with Crippen molar-refractivity contribution in [2.45, 2.75) is 0 Å². The molecule has 0 fully saturated rings. The molecule has 3 aromatic rings. The number of aromatic nitrogens is 1. The predicted molar refractivity (Wildman–Crippen MR) is 91.8 cm³/mol. The van der Waals surface area contributed by atoms with Crippen molar-refractivity contribution in [3.05, 3.63) is 72.5 Å². The van der Waals surface area contributed by atoms with Gasteiger partial charge in [-0.3, -0.25) is 4.79 Å². The van der Waals surface area contributed by atoms with Crippen molar-refractivity contribution in [1.29, 1.82) is 0 Å². The van der Waals surface area contributed by atoms with Crippen molar-refractivity contribution < 1.29 is 0 Å². The number of fused-ring (bicyclic) bond motifs is 1. The van der Waals surface area contributed by atoms with Crippen molar-refractivity contribution >= 4 is 56.2 Å². The number of rotatable bonds is 1. The third-order valence-corrected chi connectivity index (χ3v) is 4.49. The summed E-state index contributed by atoms with van der Waals surface area (Å²) in [6.45, 7) is 0. The first-order chi connectivity index (χ1) is 9.99. The molecule has 0 saturated carbocycles. The molecular formula is C15H7BrCl3NO. The lowest BCUT2D eigenvalue weighted by molar-refractivity contribution is 1.15. The molecule has 0 aliphatic heterocycles. The smallest absolute Gasteiger partial charge is 0.190 e. The van der Waals surface area contributed by atoms with Crippen LogP contribution < -0.4 is 5.43 Å². The molecule has 0 bridgehead atoms. The molecule has 0 aliphatic carbocycles. The van der Waals surface area contributed by atoms with Gasteiger partial charge in [-0.05, 0) is 24.3 Å². The Labute approximate surface area is 144 Å². The first-order valence-corrected chi connectivity index (χ1v) is 7.86. The van der Waals surface area contributed by atoms with E-state index in [0.29, 0.717) is 31.8 Å². The maximum Gasteiger partial charge on any atom is 0.190 e. The minimum Gasteiger partial charge on any atom is -0.307 e. The monoisotopic (exact) mass is 401 g/mol. The molecule has 0 aliphatic rings. The van der Waals surface area contributed by atoms with Crippen LogP contribution in [0.5, 0.6) is 0 Å². The Balaban J connectivity index is 2.53. The molecule has 0 radical (unpaired) electrons. The largest absolute Gasteiger partial charge is 0.307 e. The van der Waals surface area contributed by atoms with Crippen LogP contribution in [0.25, 0.3) is 16.6 Å². The summed E-state index contributed by atoms with van der Waals surface area (Å²) in [5, 5.41) is 1.32. The van der Waals surface area contributed by atoms with Gasteiger partial charge in [0, 0.05) is 22.3 Å². The van der Waals surface area contributed by atoms with E-state index in [9.17, 15) is 4.79 Å². The zero-order valence-corrected chi connectivity index (χ0v) is 14.3. The summed E-state index contributed by atoms with van der Waals surface area (Å²) in [7, 11) is 0. The van der Waals surface area contributed by atoms with Crippen LogP contribution in [0.4, 0.5) is 0 Å². The van der Waals surface area contributed by atoms with Crippen LogP contribution in [-0.2, 0) is 0 Å². The molecule has 106 valence electrons. The first-order valence-electron chi connectivity index (χ1n) is 5.94. The minimum atomic E-state index is -0.167. The van der Waals surface area contributed by atoms with Crippen molar-refractivity contribution in [3.8, 4) is 11.1 Å². The van der Waals surface area contributed by atoms with E-state index in [1.165, 1.54) is 6.07 Å². The van der Waals surface area contributed by atoms with E-state index in [4.69, 9.17) is 34.8 Å². The molecule has 0 spiro atoms. The molecule has 21 heavy (non-hydrogen) atoms. The normalized spacial score (nSPS) is 11.0. The van der Waals surface area contributed by atoms with Crippen LogP contribution in [0.3, 0.4) is 0 Å². The van der Waals surface area contributed by atoms with E-state index in [0.717, 1.165) is 4.47 Å². The average Bonchev–Trinajstić information content (AvgIpc) is 2.40. The standard InChI is InChI=1S/C15H7BrCl3NO/c16-8-6-11-15(14-9(17)2-1-3-10(14)18)12(21)4-5-20(11)13(19)7-8/h1-7H. The molecule has 0 unspecified atom stereocenters. The topological polar surface area (TPSA) is 21.5 Å². The SMILES string of the molecule is O=c1ccn2c(Cl)cc(Br)cc2c1-c1c(Cl)cccc1Cl. The van der Waals surface area contributed by atoms with Gasteiger partial charge in [-0.1, -0.05) is 56.8 Å². The van der Waals surface area contributed by atoms with Crippen LogP contribution in [0.15, 0.2) is 51.9 Å². The van der Waals surface area contributed by atoms with Crippen LogP contribution in [-0.4, -0.2) is 4.40 Å². The van der Waals surface area contributed by atoms with Crippen molar-refractivity contribution in [2.24, 2.45) is 0 Å². The highest BCUT2D eigenvalue weighted by Gasteiger charge is 2.16. The fourth-order valence-electron chi connectivity index (χ4n) is 2.22. The maximum absolute atomic E-state index is 12.4. The average molecular weight is 403 g/mol. The molecule has 2 heterocycles. The Morgan fingerprint density at radius 1 is 0.952 bits per heavy atom. The Morgan fingerprint density at radius 2 is 1.62 bits per heavy atom. The quantitative estimate of drug-likeness (QED) is 0.478. The van der Waals surface area contributed by atoms with Crippen LogP contribution >= 0.6 is 50.7 Å². The number of hydrogen-bond donors (Lipinski definition) is 0. The van der Waals surface area contributed by atoms with Gasteiger partial charge in [-0.25, -0.2) is 0 Å². The molecular weight excluding hydrogens is 396 g/mol. The number of pyridine rings is 2. The second kappa shape index (κ2) is 5.65. The number of halogens is 4. The van der Waals surface area contributed by atoms with Crippen molar-refractivity contribution in [1.82, 2.24) is 4.40 Å². The van der Waals surface area contributed by atoms with E-state index in [1.54, 1.807) is 34.9 Å². The van der Waals surface area contributed by atoms with Gasteiger partial charge in [-0.15, -0.1) is 0 Å². The van der Waals surface area contributed by atoms with Gasteiger partial charge in [0.05, 0.1) is 21.1 Å². The summed E-state index contributed by atoms with van der Waals surface area (Å²) in [5.74, 6) is 0. The second-order valence-electron chi connectivity index (χ2n) is 4.40. The van der Waals surface area contributed by atoms with Gasteiger partial charge < -0.3 is 4.40 Å². The fraction of sp³-hybridized carbons (Fsp3) is 0. The van der Waals surface area contributed by atoms with Gasteiger partial charge in [0.1, 0.15) is 5.15 Å². The molecule has 3 rings (SSSR count). The first kappa shape index (κ1) is 14.9. The van der Waals surface area contributed by atoms with Crippen molar-refractivity contribution in [2.75, 3.05) is 0 Å². The van der Waals surface area contributed by atoms with E-state index in [1.807, 2.05) is 6.07 Å². The van der Waals surface area contributed by atoms with E-state index in [2.05, 4.69) is 15.9 Å². The summed E-state index contributed by atoms with van der Waals surface area (Å²) >= 11 is 22.1. The van der Waals surface area contributed by atoms with Gasteiger partial charge in [0.2, 0.25) is 0 Å². The van der Waals surface area contributed by atoms with Gasteiger partial charge >= 0.3 is 0 Å². The Hall–Kier alpha value is -1.00. The Morgan fingerprint density at radius 3 is 2.29 bits per heavy atom. The van der Waals surface area contributed by atoms with Crippen LogP contribution in [0, 0.1) is 0 Å². The maximum atomic E-state index is 12.4. The van der Waals surface area contributed by atoms with E-state index < -0.39 is 0 Å². The summed E-state index contributed by atoms with van der Waals surface area (Å²) in [5.41, 5.74) is 1.41. The minimum absolute atomic E-state index is 0.167. The lowest BCUT2D eigenvalue weighted by atomic mass is 10.0. The van der Waals surface area contributed by atoms with Gasteiger partial charge in [0.15, 0.2) is 5.43 Å². The Kier molecular flexibility index (Phi) is 4.02. The highest BCUT2D eigenvalue weighted by molar-refractivity contribution is 9.10. The zero-order chi connectivity index (χ0) is 15.1. The third kappa shape index (κ3) is 2.59. The lowest BCUT2D eigenvalue weighted by Gasteiger charge is -2.12. The van der Waals surface area contributed by atoms with Crippen LogP contribution in [0.2, 0.25) is 15.2 Å². The molecule has 0 saturated heterocycles. The number of hydrogen-bond acceptors (Lipinski definition) is 1. The number of benzene rings is 1. The van der Waals surface area contributed by atoms with Gasteiger partial charge in [0.25, 0.3) is 0 Å². The highest BCUT2D eigenvalue weighted by atomic mass is 79.9. The molecule has 6 heteroatoms. The lowest BCUT2D eigenvalue weighted by Crippen LogP contribution is -2.08.